The van der Waals surface area contributed by atoms with Crippen molar-refractivity contribution < 1.29 is 0 Å². The van der Waals surface area contributed by atoms with Crippen molar-refractivity contribution in [2.24, 2.45) is 0 Å². The van der Waals surface area contributed by atoms with Gasteiger partial charge in [-0.2, -0.15) is 0 Å². The van der Waals surface area contributed by atoms with Crippen molar-refractivity contribution in [2.75, 3.05) is 0 Å². The Morgan fingerprint density at radius 1 is 0.680 bits per heavy atom. The molecule has 0 aliphatic carbocycles. The second kappa shape index (κ2) is 7.08. The molecular weight excluding hydrogens is 320 g/mol. The van der Waals surface area contributed by atoms with Gasteiger partial charge in [-0.3, -0.25) is 0 Å². The van der Waals surface area contributed by atoms with E-state index < -0.39 is 0 Å². The van der Waals surface area contributed by atoms with Crippen LogP contribution in [0.3, 0.4) is 0 Å². The molecule has 4 aromatic rings. The number of aryl methyl sites for hydroxylation is 1. The minimum atomic E-state index is 0.966. The largest absolute Gasteiger partial charge is 0.135 e. The van der Waals surface area contributed by atoms with Crippen LogP contribution < -0.4 is 0 Å². The van der Waals surface area contributed by atoms with Gasteiger partial charge in [-0.1, -0.05) is 90.5 Å². The molecule has 0 radical (unpaired) electrons. The molecule has 0 saturated heterocycles. The molecule has 1 heterocycles. The van der Waals surface area contributed by atoms with E-state index in [1.54, 1.807) is 0 Å². The molecule has 4 rings (SSSR count). The highest BCUT2D eigenvalue weighted by molar-refractivity contribution is 7.19. The fourth-order valence-corrected chi connectivity index (χ4v) is 4.26. The lowest BCUT2D eigenvalue weighted by atomic mass is 10.0. The van der Waals surface area contributed by atoms with Crippen molar-refractivity contribution in [3.63, 3.8) is 0 Å². The van der Waals surface area contributed by atoms with Gasteiger partial charge in [0, 0.05) is 9.75 Å². The maximum absolute atomic E-state index is 2.36. The molecule has 0 nitrogen and oxygen atoms in total. The molecule has 0 fully saturated rings. The van der Waals surface area contributed by atoms with E-state index in [-0.39, 0.29) is 0 Å². The van der Waals surface area contributed by atoms with Gasteiger partial charge in [0.05, 0.1) is 0 Å². The first-order valence-corrected chi connectivity index (χ1v) is 9.40. The highest BCUT2D eigenvalue weighted by atomic mass is 32.1. The Labute approximate surface area is 153 Å². The standard InChI is InChI=1S/C24H20S/c1-18-12-14-21(15-13-18)24-22(16-19-8-4-2-5-9-19)17-23(25-24)20-10-6-3-7-11-20/h2-15,17H,16H2,1H3. The van der Waals surface area contributed by atoms with Gasteiger partial charge in [-0.25, -0.2) is 0 Å². The molecule has 0 bridgehead atoms. The van der Waals surface area contributed by atoms with E-state index in [2.05, 4.69) is 97.9 Å². The first kappa shape index (κ1) is 15.9. The van der Waals surface area contributed by atoms with Crippen LogP contribution in [0.4, 0.5) is 0 Å². The maximum Gasteiger partial charge on any atom is 0.0384 e. The average molecular weight is 340 g/mol. The fraction of sp³-hybridized carbons (Fsp3) is 0.0833. The number of thiophene rings is 1. The van der Waals surface area contributed by atoms with Crippen LogP contribution in [0.5, 0.6) is 0 Å². The summed E-state index contributed by atoms with van der Waals surface area (Å²) in [4.78, 5) is 2.71. The SMILES string of the molecule is Cc1ccc(-c2sc(-c3ccccc3)cc2Cc2ccccc2)cc1. The Balaban J connectivity index is 1.80. The summed E-state index contributed by atoms with van der Waals surface area (Å²) in [5, 5.41) is 0. The quantitative estimate of drug-likeness (QED) is 0.376. The van der Waals surface area contributed by atoms with Crippen LogP contribution in [-0.2, 0) is 6.42 Å². The third kappa shape index (κ3) is 3.57. The predicted octanol–water partition coefficient (Wildman–Crippen LogP) is 6.98. The number of hydrogen-bond acceptors (Lipinski definition) is 1. The summed E-state index contributed by atoms with van der Waals surface area (Å²) in [6, 6.07) is 32.6. The second-order valence-electron chi connectivity index (χ2n) is 6.36. The van der Waals surface area contributed by atoms with Crippen LogP contribution in [-0.4, -0.2) is 0 Å². The Hall–Kier alpha value is -2.64. The second-order valence-corrected chi connectivity index (χ2v) is 7.41. The summed E-state index contributed by atoms with van der Waals surface area (Å²) in [5.74, 6) is 0. The summed E-state index contributed by atoms with van der Waals surface area (Å²) < 4.78 is 0. The summed E-state index contributed by atoms with van der Waals surface area (Å²) in [5.41, 5.74) is 6.66. The van der Waals surface area contributed by atoms with Gasteiger partial charge in [0.15, 0.2) is 0 Å². The van der Waals surface area contributed by atoms with E-state index in [1.165, 1.54) is 37.6 Å². The highest BCUT2D eigenvalue weighted by Crippen LogP contribution is 2.39. The number of benzene rings is 3. The smallest absolute Gasteiger partial charge is 0.0384 e. The van der Waals surface area contributed by atoms with E-state index in [9.17, 15) is 0 Å². The van der Waals surface area contributed by atoms with Gasteiger partial charge in [0.25, 0.3) is 0 Å². The average Bonchev–Trinajstić information content (AvgIpc) is 3.08. The minimum absolute atomic E-state index is 0.966. The van der Waals surface area contributed by atoms with Crippen LogP contribution in [0, 0.1) is 6.92 Å². The van der Waals surface area contributed by atoms with Gasteiger partial charge in [-0.05, 0) is 41.7 Å². The lowest BCUT2D eigenvalue weighted by Crippen LogP contribution is -1.88. The molecule has 0 amide bonds. The molecule has 1 heteroatoms. The van der Waals surface area contributed by atoms with Crippen molar-refractivity contribution in [3.05, 3.63) is 108 Å². The zero-order valence-corrected chi connectivity index (χ0v) is 15.1. The summed E-state index contributed by atoms with van der Waals surface area (Å²) >= 11 is 1.89. The summed E-state index contributed by atoms with van der Waals surface area (Å²) in [7, 11) is 0. The van der Waals surface area contributed by atoms with Crippen molar-refractivity contribution in [1.82, 2.24) is 0 Å². The lowest BCUT2D eigenvalue weighted by molar-refractivity contribution is 1.21. The monoisotopic (exact) mass is 340 g/mol. The fourth-order valence-electron chi connectivity index (χ4n) is 3.07. The maximum atomic E-state index is 2.36. The number of rotatable bonds is 4. The zero-order chi connectivity index (χ0) is 17.1. The van der Waals surface area contributed by atoms with Gasteiger partial charge < -0.3 is 0 Å². The van der Waals surface area contributed by atoms with E-state index >= 15 is 0 Å². The van der Waals surface area contributed by atoms with Crippen molar-refractivity contribution in [1.29, 1.82) is 0 Å². The first-order chi connectivity index (χ1) is 12.3. The van der Waals surface area contributed by atoms with Crippen LogP contribution in [0.1, 0.15) is 16.7 Å². The van der Waals surface area contributed by atoms with Crippen molar-refractivity contribution >= 4 is 11.3 Å². The lowest BCUT2D eigenvalue weighted by Gasteiger charge is -2.05. The summed E-state index contributed by atoms with van der Waals surface area (Å²) in [6.45, 7) is 2.14. The molecule has 1 aromatic heterocycles. The first-order valence-electron chi connectivity index (χ1n) is 8.59. The molecule has 0 unspecified atom stereocenters. The molecule has 122 valence electrons. The zero-order valence-electron chi connectivity index (χ0n) is 14.3. The molecule has 25 heavy (non-hydrogen) atoms. The van der Waals surface area contributed by atoms with E-state index in [4.69, 9.17) is 0 Å². The highest BCUT2D eigenvalue weighted by Gasteiger charge is 2.13. The van der Waals surface area contributed by atoms with Gasteiger partial charge in [0.1, 0.15) is 0 Å². The van der Waals surface area contributed by atoms with E-state index in [0.29, 0.717) is 0 Å². The predicted molar refractivity (Wildman–Crippen MR) is 109 cm³/mol. The Morgan fingerprint density at radius 3 is 2.00 bits per heavy atom. The van der Waals surface area contributed by atoms with Crippen LogP contribution in [0.15, 0.2) is 91.0 Å². The molecule has 0 atom stereocenters. The molecule has 0 saturated carbocycles. The Morgan fingerprint density at radius 2 is 1.32 bits per heavy atom. The molecule has 0 aliphatic rings. The number of hydrogen-bond donors (Lipinski definition) is 0. The van der Waals surface area contributed by atoms with Gasteiger partial charge >= 0.3 is 0 Å². The third-order valence-electron chi connectivity index (χ3n) is 4.42. The van der Waals surface area contributed by atoms with Gasteiger partial charge in [-0.15, -0.1) is 11.3 Å². The normalized spacial score (nSPS) is 10.8. The summed E-state index contributed by atoms with van der Waals surface area (Å²) in [6.07, 6.45) is 0.966. The topological polar surface area (TPSA) is 0 Å². The van der Waals surface area contributed by atoms with E-state index in [1.807, 2.05) is 11.3 Å². The van der Waals surface area contributed by atoms with E-state index in [0.717, 1.165) is 6.42 Å². The van der Waals surface area contributed by atoms with Crippen LogP contribution in [0.25, 0.3) is 20.9 Å². The van der Waals surface area contributed by atoms with Crippen LogP contribution in [0.2, 0.25) is 0 Å². The molecule has 0 aliphatic heterocycles. The molecular formula is C24H20S. The minimum Gasteiger partial charge on any atom is -0.135 e. The van der Waals surface area contributed by atoms with Gasteiger partial charge in [0.2, 0.25) is 0 Å². The molecule has 0 N–H and O–H groups in total. The molecule has 0 spiro atoms. The Kier molecular flexibility index (Phi) is 4.49. The van der Waals surface area contributed by atoms with Crippen molar-refractivity contribution in [3.8, 4) is 20.9 Å². The molecule has 3 aromatic carbocycles. The van der Waals surface area contributed by atoms with Crippen molar-refractivity contribution in [2.45, 2.75) is 13.3 Å². The Bertz CT molecular complexity index is 948. The van der Waals surface area contributed by atoms with Crippen LogP contribution >= 0.6 is 11.3 Å². The third-order valence-corrected chi connectivity index (χ3v) is 5.69.